The monoisotopic (exact) mass is 324 g/mol. The van der Waals surface area contributed by atoms with Gasteiger partial charge in [0.05, 0.1) is 0 Å². The quantitative estimate of drug-likeness (QED) is 0.893. The van der Waals surface area contributed by atoms with Gasteiger partial charge in [-0.15, -0.1) is 12.4 Å². The minimum Gasteiger partial charge on any atom is -0.368 e. The van der Waals surface area contributed by atoms with Crippen LogP contribution in [0.1, 0.15) is 37.2 Å². The Morgan fingerprint density at radius 2 is 1.86 bits per heavy atom. The molecule has 22 heavy (non-hydrogen) atoms. The summed E-state index contributed by atoms with van der Waals surface area (Å²) in [6.07, 6.45) is 3.58. The highest BCUT2D eigenvalue weighted by Crippen LogP contribution is 2.37. The molecule has 0 atom stereocenters. The fraction of sp³-hybridized carbons (Fsp3) is 0.588. The van der Waals surface area contributed by atoms with Gasteiger partial charge in [-0.2, -0.15) is 0 Å². The van der Waals surface area contributed by atoms with Gasteiger partial charge in [-0.25, -0.2) is 0 Å². The Bertz CT molecular complexity index is 483. The Hall–Kier alpha value is -1.10. The van der Waals surface area contributed by atoms with Crippen molar-refractivity contribution in [3.8, 4) is 0 Å². The molecule has 1 amide bonds. The van der Waals surface area contributed by atoms with Gasteiger partial charge in [-0.3, -0.25) is 4.79 Å². The molecule has 0 radical (unpaired) electrons. The van der Waals surface area contributed by atoms with E-state index in [0.29, 0.717) is 12.0 Å². The van der Waals surface area contributed by atoms with E-state index in [9.17, 15) is 4.79 Å². The second-order valence-electron chi connectivity index (χ2n) is 6.20. The molecule has 1 aromatic rings. The molecule has 0 spiro atoms. The van der Waals surface area contributed by atoms with Gasteiger partial charge in [0.15, 0.2) is 0 Å². The van der Waals surface area contributed by atoms with Crippen molar-refractivity contribution in [3.05, 3.63) is 35.9 Å². The summed E-state index contributed by atoms with van der Waals surface area (Å²) in [6.45, 7) is 1.69. The first-order valence-electron chi connectivity index (χ1n) is 7.85. The number of benzene rings is 1. The van der Waals surface area contributed by atoms with Gasteiger partial charge in [0, 0.05) is 13.2 Å². The average Bonchev–Trinajstić information content (AvgIpc) is 2.51. The van der Waals surface area contributed by atoms with E-state index in [0.717, 1.165) is 38.8 Å². The zero-order chi connectivity index (χ0) is 14.7. The molecule has 0 bridgehead atoms. The molecule has 5 heteroatoms. The summed E-state index contributed by atoms with van der Waals surface area (Å²) in [5, 5.41) is 6.46. The summed E-state index contributed by atoms with van der Waals surface area (Å²) in [4.78, 5) is 12.5. The molecule has 122 valence electrons. The number of hydrogen-bond acceptors (Lipinski definition) is 3. The van der Waals surface area contributed by atoms with Gasteiger partial charge in [0.1, 0.15) is 5.60 Å². The number of hydrogen-bond donors (Lipinski definition) is 2. The van der Waals surface area contributed by atoms with Crippen molar-refractivity contribution < 1.29 is 9.53 Å². The van der Waals surface area contributed by atoms with Gasteiger partial charge in [-0.1, -0.05) is 30.3 Å². The minimum absolute atomic E-state index is 0. The molecule has 4 nitrogen and oxygen atoms in total. The highest BCUT2D eigenvalue weighted by atomic mass is 35.5. The molecule has 2 aliphatic rings. The van der Waals surface area contributed by atoms with Crippen molar-refractivity contribution in [3.63, 3.8) is 0 Å². The normalized spacial score (nSPS) is 26.4. The molecule has 1 saturated carbocycles. The Morgan fingerprint density at radius 1 is 1.23 bits per heavy atom. The van der Waals surface area contributed by atoms with Crippen molar-refractivity contribution in [1.29, 1.82) is 0 Å². The number of ether oxygens (including phenoxy) is 1. The Morgan fingerprint density at radius 3 is 2.45 bits per heavy atom. The van der Waals surface area contributed by atoms with E-state index in [1.807, 2.05) is 6.07 Å². The second kappa shape index (κ2) is 7.44. The van der Waals surface area contributed by atoms with E-state index in [-0.39, 0.29) is 18.3 Å². The van der Waals surface area contributed by atoms with Gasteiger partial charge >= 0.3 is 0 Å². The molecule has 2 fully saturated rings. The predicted octanol–water partition coefficient (Wildman–Crippen LogP) is 2.24. The fourth-order valence-corrected chi connectivity index (χ4v) is 3.40. The van der Waals surface area contributed by atoms with Crippen LogP contribution in [0.3, 0.4) is 0 Å². The molecule has 1 saturated heterocycles. The number of halogens is 1. The maximum Gasteiger partial charge on any atom is 0.252 e. The third-order valence-corrected chi connectivity index (χ3v) is 4.96. The lowest BCUT2D eigenvalue weighted by atomic mass is 9.75. The van der Waals surface area contributed by atoms with Crippen LogP contribution in [0.5, 0.6) is 0 Å². The molecule has 2 N–H and O–H groups in total. The van der Waals surface area contributed by atoms with Crippen molar-refractivity contribution in [2.75, 3.05) is 20.2 Å². The number of carbonyl (C=O) groups excluding carboxylic acids is 1. The van der Waals surface area contributed by atoms with Crippen LogP contribution < -0.4 is 10.6 Å². The van der Waals surface area contributed by atoms with Crippen LogP contribution in [-0.2, 0) is 9.53 Å². The highest BCUT2D eigenvalue weighted by Gasteiger charge is 2.42. The van der Waals surface area contributed by atoms with E-state index in [4.69, 9.17) is 4.74 Å². The zero-order valence-electron chi connectivity index (χ0n) is 13.0. The third-order valence-electron chi connectivity index (χ3n) is 4.96. The standard InChI is InChI=1S/C17H24N2O2.ClH/c1-21-17(7-9-18-10-8-17)16(20)19-15-11-14(12-15)13-5-3-2-4-6-13;/h2-6,14-15,18H,7-12H2,1H3,(H,19,20);1H. The van der Waals surface area contributed by atoms with Crippen LogP contribution in [0.25, 0.3) is 0 Å². The third kappa shape index (κ3) is 3.45. The fourth-order valence-electron chi connectivity index (χ4n) is 3.40. The molecule has 1 heterocycles. The van der Waals surface area contributed by atoms with E-state index < -0.39 is 5.60 Å². The first kappa shape index (κ1) is 17.3. The summed E-state index contributed by atoms with van der Waals surface area (Å²) in [5.74, 6) is 0.658. The summed E-state index contributed by atoms with van der Waals surface area (Å²) in [6, 6.07) is 10.8. The van der Waals surface area contributed by atoms with E-state index in [2.05, 4.69) is 34.9 Å². The van der Waals surface area contributed by atoms with E-state index in [1.54, 1.807) is 7.11 Å². The molecule has 1 aliphatic heterocycles. The van der Waals surface area contributed by atoms with Gasteiger partial charge < -0.3 is 15.4 Å². The van der Waals surface area contributed by atoms with Crippen LogP contribution in [0.4, 0.5) is 0 Å². The van der Waals surface area contributed by atoms with Gasteiger partial charge in [0.25, 0.3) is 5.91 Å². The minimum atomic E-state index is -0.622. The topological polar surface area (TPSA) is 50.4 Å². The van der Waals surface area contributed by atoms with Gasteiger partial charge in [0.2, 0.25) is 0 Å². The number of piperidine rings is 1. The second-order valence-corrected chi connectivity index (χ2v) is 6.20. The maximum atomic E-state index is 12.5. The number of rotatable bonds is 4. The molecule has 1 aromatic carbocycles. The zero-order valence-corrected chi connectivity index (χ0v) is 13.8. The van der Waals surface area contributed by atoms with Crippen LogP contribution in [0.2, 0.25) is 0 Å². The molecule has 1 aliphatic carbocycles. The molecular formula is C17H25ClN2O2. The molecular weight excluding hydrogens is 300 g/mol. The average molecular weight is 325 g/mol. The summed E-state index contributed by atoms with van der Waals surface area (Å²) in [5.41, 5.74) is 0.759. The summed E-state index contributed by atoms with van der Waals surface area (Å²) >= 11 is 0. The SMILES string of the molecule is COC1(C(=O)NC2CC(c3ccccc3)C2)CCNCC1.Cl. The molecule has 0 aromatic heterocycles. The van der Waals surface area contributed by atoms with Crippen LogP contribution in [0.15, 0.2) is 30.3 Å². The highest BCUT2D eigenvalue weighted by molar-refractivity contribution is 5.86. The Balaban J connectivity index is 0.00000176. The first-order chi connectivity index (χ1) is 10.2. The number of nitrogens with one attached hydrogen (secondary N) is 2. The summed E-state index contributed by atoms with van der Waals surface area (Å²) < 4.78 is 5.57. The van der Waals surface area contributed by atoms with E-state index in [1.165, 1.54) is 5.56 Å². The van der Waals surface area contributed by atoms with E-state index >= 15 is 0 Å². The lowest BCUT2D eigenvalue weighted by Crippen LogP contribution is -2.57. The van der Waals surface area contributed by atoms with Crippen LogP contribution >= 0.6 is 12.4 Å². The van der Waals surface area contributed by atoms with Crippen molar-refractivity contribution in [1.82, 2.24) is 10.6 Å². The lowest BCUT2D eigenvalue weighted by Gasteiger charge is -2.40. The molecule has 0 unspecified atom stereocenters. The van der Waals surface area contributed by atoms with Crippen LogP contribution in [-0.4, -0.2) is 37.7 Å². The van der Waals surface area contributed by atoms with Crippen molar-refractivity contribution in [2.24, 2.45) is 0 Å². The predicted molar refractivity (Wildman–Crippen MR) is 89.4 cm³/mol. The van der Waals surface area contributed by atoms with Gasteiger partial charge in [-0.05, 0) is 50.3 Å². The lowest BCUT2D eigenvalue weighted by molar-refractivity contribution is -0.148. The Kier molecular flexibility index (Phi) is 5.84. The number of carbonyl (C=O) groups is 1. The molecule has 3 rings (SSSR count). The largest absolute Gasteiger partial charge is 0.368 e. The maximum absolute atomic E-state index is 12.5. The number of amides is 1. The summed E-state index contributed by atoms with van der Waals surface area (Å²) in [7, 11) is 1.65. The van der Waals surface area contributed by atoms with Crippen molar-refractivity contribution in [2.45, 2.75) is 43.2 Å². The van der Waals surface area contributed by atoms with Crippen LogP contribution in [0, 0.1) is 0 Å². The van der Waals surface area contributed by atoms with Crippen molar-refractivity contribution >= 4 is 18.3 Å². The first-order valence-corrected chi connectivity index (χ1v) is 7.85. The smallest absolute Gasteiger partial charge is 0.252 e. The number of methoxy groups -OCH3 is 1. The Labute approximate surface area is 138 Å².